The van der Waals surface area contributed by atoms with E-state index >= 15 is 0 Å². The van der Waals surface area contributed by atoms with Crippen LogP contribution < -0.4 is 0 Å². The van der Waals surface area contributed by atoms with Crippen LogP contribution in [0.25, 0.3) is 0 Å². The van der Waals surface area contributed by atoms with Crippen molar-refractivity contribution in [2.45, 2.75) is 251 Å². The Hall–Kier alpha value is -0.520. The highest BCUT2D eigenvalue weighted by Gasteiger charge is 1.96. The summed E-state index contributed by atoms with van der Waals surface area (Å²) in [5.74, 6) is 0. The van der Waals surface area contributed by atoms with E-state index in [1.807, 2.05) is 0 Å². The maximum Gasteiger partial charge on any atom is -0.0351 e. The normalized spacial score (nSPS) is 12.0. The number of hydrogen-bond donors (Lipinski definition) is 0. The van der Waals surface area contributed by atoms with Crippen molar-refractivity contribution in [3.63, 3.8) is 0 Å². The first kappa shape index (κ1) is 43.5. The maximum absolute atomic E-state index is 2.59. The van der Waals surface area contributed by atoms with E-state index in [2.05, 4.69) is 44.6 Å². The summed E-state index contributed by atoms with van der Waals surface area (Å²) in [6.07, 6.45) is 64.9. The Morgan fingerprint density at radius 2 is 0.386 bits per heavy atom. The number of rotatable bonds is 39. The summed E-state index contributed by atoms with van der Waals surface area (Å²) in [4.78, 5) is 0. The fourth-order valence-corrected chi connectivity index (χ4v) is 6.45. The van der Waals surface area contributed by atoms with Gasteiger partial charge in [0.25, 0.3) is 0 Å². The van der Waals surface area contributed by atoms with Crippen LogP contribution in [0.3, 0.4) is 0 Å². The van der Waals surface area contributed by atoms with Crippen molar-refractivity contribution in [3.05, 3.63) is 30.7 Å². The third-order valence-electron chi connectivity index (χ3n) is 9.59. The summed E-state index contributed by atoms with van der Waals surface area (Å²) in [5, 5.41) is 0. The van der Waals surface area contributed by atoms with E-state index in [0.29, 0.717) is 0 Å². The van der Waals surface area contributed by atoms with E-state index in [1.54, 1.807) is 0 Å². The second kappa shape index (κ2) is 42.5. The first-order valence-corrected chi connectivity index (χ1v) is 21.0. The van der Waals surface area contributed by atoms with Crippen LogP contribution in [-0.4, -0.2) is 0 Å². The average Bonchev–Trinajstić information content (AvgIpc) is 3.04. The Morgan fingerprint density at radius 1 is 0.205 bits per heavy atom. The molecule has 0 saturated heterocycles. The van der Waals surface area contributed by atoms with Crippen LogP contribution in [0.1, 0.15) is 251 Å². The Bertz CT molecular complexity index is 480. The van der Waals surface area contributed by atoms with E-state index in [-0.39, 0.29) is 0 Å². The Labute approximate surface area is 281 Å². The lowest BCUT2D eigenvalue weighted by molar-refractivity contribution is 0.544. The quantitative estimate of drug-likeness (QED) is 0.0478. The average molecular weight is 614 g/mol. The number of allylic oxidation sites excluding steroid dienone is 4. The van der Waals surface area contributed by atoms with Crippen LogP contribution in [0.2, 0.25) is 0 Å². The van der Waals surface area contributed by atoms with Crippen LogP contribution in [0.15, 0.2) is 24.3 Å². The fraction of sp³-hybridized carbons (Fsp3) is 0.886. The largest absolute Gasteiger partial charge is 0.0885 e. The van der Waals surface area contributed by atoms with Crippen molar-refractivity contribution >= 4 is 0 Å². The summed E-state index contributed by atoms with van der Waals surface area (Å²) in [6, 6.07) is 0. The van der Waals surface area contributed by atoms with Gasteiger partial charge in [0.05, 0.1) is 0 Å². The first-order chi connectivity index (χ1) is 21.9. The predicted octanol–water partition coefficient (Wildman–Crippen LogP) is 16.8. The van der Waals surface area contributed by atoms with E-state index in [4.69, 9.17) is 0 Å². The minimum absolute atomic E-state index is 1.31. The van der Waals surface area contributed by atoms with Gasteiger partial charge in [0.2, 0.25) is 0 Å². The Kier molecular flexibility index (Phi) is 42.0. The Morgan fingerprint density at radius 3 is 0.614 bits per heavy atom. The summed E-state index contributed by atoms with van der Waals surface area (Å²) >= 11 is 0. The van der Waals surface area contributed by atoms with Crippen LogP contribution in [0.4, 0.5) is 0 Å². The molecule has 0 bridgehead atoms. The molecule has 0 aromatic carbocycles. The van der Waals surface area contributed by atoms with Gasteiger partial charge in [-0.1, -0.05) is 224 Å². The zero-order valence-corrected chi connectivity index (χ0v) is 31.0. The van der Waals surface area contributed by atoms with E-state index in [1.165, 1.54) is 238 Å². The monoisotopic (exact) mass is 614 g/mol. The molecular weight excluding hydrogens is 528 g/mol. The SMILES string of the molecule is CCCCCCCCC=CCCCCCCCCCCCC[CH]CCCCCCCCCCC/C=C\CCCCCCCC. The molecule has 44 heavy (non-hydrogen) atoms. The third-order valence-corrected chi connectivity index (χ3v) is 9.59. The Balaban J connectivity index is 3.09. The standard InChI is InChI=1S/C44H85/c1-3-5-7-9-11-13-15-17-19-21-23-25-27-29-31-33-35-37-39-41-43-44-42-40-38-36-34-32-30-28-26-24-22-20-18-16-14-12-10-8-6-4-2/h17-20,43H,3-16,21-42,44H2,1-2H3/b19-17-,20-18?. The molecule has 0 aliphatic rings. The first-order valence-electron chi connectivity index (χ1n) is 21.0. The molecule has 0 atom stereocenters. The van der Waals surface area contributed by atoms with Crippen LogP contribution in [0.5, 0.6) is 0 Å². The van der Waals surface area contributed by atoms with Crippen molar-refractivity contribution in [3.8, 4) is 0 Å². The minimum atomic E-state index is 1.31. The van der Waals surface area contributed by atoms with E-state index in [9.17, 15) is 0 Å². The zero-order valence-electron chi connectivity index (χ0n) is 31.0. The molecule has 0 aliphatic heterocycles. The second-order valence-electron chi connectivity index (χ2n) is 14.2. The molecule has 0 saturated carbocycles. The number of unbranched alkanes of at least 4 members (excludes halogenated alkanes) is 35. The van der Waals surface area contributed by atoms with E-state index in [0.717, 1.165) is 0 Å². The van der Waals surface area contributed by atoms with Gasteiger partial charge in [-0.05, 0) is 57.8 Å². The lowest BCUT2D eigenvalue weighted by Gasteiger charge is -2.04. The van der Waals surface area contributed by atoms with Gasteiger partial charge >= 0.3 is 0 Å². The lowest BCUT2D eigenvalue weighted by atomic mass is 10.0. The molecule has 0 fully saturated rings. The van der Waals surface area contributed by atoms with Gasteiger partial charge in [0.15, 0.2) is 0 Å². The van der Waals surface area contributed by atoms with Crippen molar-refractivity contribution in [1.82, 2.24) is 0 Å². The van der Waals surface area contributed by atoms with Gasteiger partial charge < -0.3 is 0 Å². The molecule has 0 aromatic heterocycles. The highest BCUT2D eigenvalue weighted by molar-refractivity contribution is 4.82. The molecule has 0 unspecified atom stereocenters. The highest BCUT2D eigenvalue weighted by atomic mass is 14.0. The predicted molar refractivity (Wildman–Crippen MR) is 205 cm³/mol. The van der Waals surface area contributed by atoms with Crippen molar-refractivity contribution < 1.29 is 0 Å². The molecule has 0 N–H and O–H groups in total. The zero-order chi connectivity index (χ0) is 31.7. The van der Waals surface area contributed by atoms with Gasteiger partial charge in [-0.3, -0.25) is 0 Å². The van der Waals surface area contributed by atoms with Crippen molar-refractivity contribution in [2.24, 2.45) is 0 Å². The second-order valence-corrected chi connectivity index (χ2v) is 14.2. The van der Waals surface area contributed by atoms with Gasteiger partial charge in [-0.2, -0.15) is 0 Å². The molecule has 0 spiro atoms. The summed E-state index contributed by atoms with van der Waals surface area (Å²) in [6.45, 7) is 4.60. The molecule has 1 radical (unpaired) electrons. The molecule has 0 heterocycles. The minimum Gasteiger partial charge on any atom is -0.0885 e. The van der Waals surface area contributed by atoms with Crippen LogP contribution >= 0.6 is 0 Å². The van der Waals surface area contributed by atoms with Gasteiger partial charge in [-0.15, -0.1) is 0 Å². The molecule has 0 rings (SSSR count). The molecule has 261 valence electrons. The molecule has 0 aromatic rings. The van der Waals surface area contributed by atoms with Gasteiger partial charge in [0, 0.05) is 0 Å². The summed E-state index contributed by atoms with van der Waals surface area (Å²) in [5.41, 5.74) is 0. The molecular formula is C44H85. The maximum atomic E-state index is 2.59. The van der Waals surface area contributed by atoms with E-state index < -0.39 is 0 Å². The van der Waals surface area contributed by atoms with Crippen molar-refractivity contribution in [1.29, 1.82) is 0 Å². The smallest absolute Gasteiger partial charge is 0.0351 e. The van der Waals surface area contributed by atoms with Crippen molar-refractivity contribution in [2.75, 3.05) is 0 Å². The molecule has 0 nitrogen and oxygen atoms in total. The molecule has 0 heteroatoms. The lowest BCUT2D eigenvalue weighted by Crippen LogP contribution is -1.85. The third kappa shape index (κ3) is 41.5. The molecule has 0 amide bonds. The summed E-state index contributed by atoms with van der Waals surface area (Å²) < 4.78 is 0. The summed E-state index contributed by atoms with van der Waals surface area (Å²) in [7, 11) is 0. The highest BCUT2D eigenvalue weighted by Crippen LogP contribution is 2.16. The molecule has 0 aliphatic carbocycles. The number of hydrogen-bond acceptors (Lipinski definition) is 0. The van der Waals surface area contributed by atoms with Crippen LogP contribution in [0, 0.1) is 6.42 Å². The fourth-order valence-electron chi connectivity index (χ4n) is 6.45. The van der Waals surface area contributed by atoms with Gasteiger partial charge in [-0.25, -0.2) is 0 Å². The topological polar surface area (TPSA) is 0 Å². The van der Waals surface area contributed by atoms with Crippen LogP contribution in [-0.2, 0) is 0 Å². The van der Waals surface area contributed by atoms with Gasteiger partial charge in [0.1, 0.15) is 0 Å².